The van der Waals surface area contributed by atoms with Crippen LogP contribution in [0.3, 0.4) is 0 Å². The largest absolute Gasteiger partial charge is 0.324 e. The molecule has 3 N–H and O–H groups in total. The van der Waals surface area contributed by atoms with Gasteiger partial charge in [0.2, 0.25) is 0 Å². The quantitative estimate of drug-likeness (QED) is 0.804. The van der Waals surface area contributed by atoms with Crippen molar-refractivity contribution in [3.05, 3.63) is 35.1 Å². The molecule has 0 aromatic heterocycles. The van der Waals surface area contributed by atoms with Crippen LogP contribution in [0, 0.1) is 18.7 Å². The van der Waals surface area contributed by atoms with E-state index >= 15 is 0 Å². The van der Waals surface area contributed by atoms with Gasteiger partial charge in [-0.05, 0) is 62.0 Å². The van der Waals surface area contributed by atoms with Crippen LogP contribution in [0.5, 0.6) is 0 Å². The summed E-state index contributed by atoms with van der Waals surface area (Å²) in [7, 11) is 0. The van der Waals surface area contributed by atoms with Gasteiger partial charge >= 0.3 is 0 Å². The number of aryl methyl sites for hydroxylation is 1. The first-order chi connectivity index (χ1) is 7.66. The molecule has 0 aliphatic carbocycles. The molecule has 0 spiro atoms. The Balaban J connectivity index is 2.15. The first kappa shape index (κ1) is 11.6. The van der Waals surface area contributed by atoms with Crippen molar-refractivity contribution in [2.45, 2.75) is 25.8 Å². The van der Waals surface area contributed by atoms with Gasteiger partial charge in [-0.2, -0.15) is 0 Å². The number of benzene rings is 1. The van der Waals surface area contributed by atoms with Crippen LogP contribution in [0.25, 0.3) is 0 Å². The Kier molecular flexibility index (Phi) is 3.56. The highest BCUT2D eigenvalue weighted by molar-refractivity contribution is 5.26. The van der Waals surface area contributed by atoms with Crippen LogP contribution in [-0.4, -0.2) is 13.1 Å². The van der Waals surface area contributed by atoms with Gasteiger partial charge in [0.05, 0.1) is 0 Å². The van der Waals surface area contributed by atoms with Gasteiger partial charge in [0.1, 0.15) is 5.82 Å². The second kappa shape index (κ2) is 4.93. The highest BCUT2D eigenvalue weighted by atomic mass is 19.1. The lowest BCUT2D eigenvalue weighted by atomic mass is 9.86. The predicted molar refractivity (Wildman–Crippen MR) is 63.7 cm³/mol. The molecule has 1 aromatic carbocycles. The lowest BCUT2D eigenvalue weighted by Gasteiger charge is -2.28. The third kappa shape index (κ3) is 2.60. The van der Waals surface area contributed by atoms with E-state index in [0.29, 0.717) is 5.92 Å². The van der Waals surface area contributed by atoms with E-state index < -0.39 is 0 Å². The fraction of sp³-hybridized carbons (Fsp3) is 0.538. The highest BCUT2D eigenvalue weighted by Crippen LogP contribution is 2.27. The molecular weight excluding hydrogens is 203 g/mol. The molecule has 2 rings (SSSR count). The molecule has 1 aliphatic rings. The Morgan fingerprint density at radius 3 is 2.62 bits per heavy atom. The van der Waals surface area contributed by atoms with E-state index in [1.165, 1.54) is 0 Å². The van der Waals surface area contributed by atoms with E-state index in [9.17, 15) is 4.39 Å². The standard InChI is InChI=1S/C13H19FN2/c1-9-6-11(8-12(14)7-9)13(15)10-2-4-16-5-3-10/h6-8,10,13,16H,2-5,15H2,1H3. The average Bonchev–Trinajstić information content (AvgIpc) is 2.28. The fourth-order valence-electron chi connectivity index (χ4n) is 2.43. The van der Waals surface area contributed by atoms with Crippen LogP contribution >= 0.6 is 0 Å². The van der Waals surface area contributed by atoms with Crippen molar-refractivity contribution in [2.24, 2.45) is 11.7 Å². The zero-order valence-electron chi connectivity index (χ0n) is 9.67. The summed E-state index contributed by atoms with van der Waals surface area (Å²) in [5.41, 5.74) is 8.09. The molecule has 1 unspecified atom stereocenters. The molecular formula is C13H19FN2. The van der Waals surface area contributed by atoms with Crippen molar-refractivity contribution < 1.29 is 4.39 Å². The van der Waals surface area contributed by atoms with Gasteiger partial charge < -0.3 is 11.1 Å². The first-order valence-electron chi connectivity index (χ1n) is 5.90. The van der Waals surface area contributed by atoms with Crippen molar-refractivity contribution >= 4 is 0 Å². The topological polar surface area (TPSA) is 38.0 Å². The van der Waals surface area contributed by atoms with Gasteiger partial charge in [-0.1, -0.05) is 6.07 Å². The molecule has 1 aromatic rings. The second-order valence-electron chi connectivity index (χ2n) is 4.68. The van der Waals surface area contributed by atoms with Gasteiger partial charge in [0.15, 0.2) is 0 Å². The minimum Gasteiger partial charge on any atom is -0.324 e. The van der Waals surface area contributed by atoms with E-state index in [2.05, 4.69) is 5.32 Å². The van der Waals surface area contributed by atoms with Crippen LogP contribution in [0.1, 0.15) is 30.0 Å². The van der Waals surface area contributed by atoms with E-state index in [1.807, 2.05) is 13.0 Å². The molecule has 1 fully saturated rings. The zero-order chi connectivity index (χ0) is 11.5. The van der Waals surface area contributed by atoms with E-state index in [0.717, 1.165) is 37.1 Å². The fourth-order valence-corrected chi connectivity index (χ4v) is 2.43. The number of nitrogens with two attached hydrogens (primary N) is 1. The minimum absolute atomic E-state index is 0.0310. The van der Waals surface area contributed by atoms with Gasteiger partial charge in [-0.15, -0.1) is 0 Å². The van der Waals surface area contributed by atoms with Crippen LogP contribution in [-0.2, 0) is 0 Å². The molecule has 0 radical (unpaired) electrons. The first-order valence-corrected chi connectivity index (χ1v) is 5.90. The number of hydrogen-bond acceptors (Lipinski definition) is 2. The molecule has 2 nitrogen and oxygen atoms in total. The maximum Gasteiger partial charge on any atom is 0.123 e. The molecule has 1 heterocycles. The zero-order valence-corrected chi connectivity index (χ0v) is 9.67. The van der Waals surface area contributed by atoms with Crippen molar-refractivity contribution in [3.63, 3.8) is 0 Å². The van der Waals surface area contributed by atoms with E-state index in [-0.39, 0.29) is 11.9 Å². The van der Waals surface area contributed by atoms with Gasteiger partial charge in [0.25, 0.3) is 0 Å². The number of hydrogen-bond donors (Lipinski definition) is 2. The molecule has 0 amide bonds. The third-order valence-corrected chi connectivity index (χ3v) is 3.34. The minimum atomic E-state index is -0.181. The molecule has 1 aliphatic heterocycles. The summed E-state index contributed by atoms with van der Waals surface area (Å²) < 4.78 is 13.3. The Hall–Kier alpha value is -0.930. The summed E-state index contributed by atoms with van der Waals surface area (Å²) in [5, 5.41) is 3.31. The number of nitrogens with one attached hydrogen (secondary N) is 1. The van der Waals surface area contributed by atoms with Crippen LogP contribution < -0.4 is 11.1 Å². The molecule has 3 heteroatoms. The van der Waals surface area contributed by atoms with E-state index in [1.54, 1.807) is 12.1 Å². The molecule has 0 bridgehead atoms. The Bertz CT molecular complexity index is 339. The number of rotatable bonds is 2. The molecule has 16 heavy (non-hydrogen) atoms. The third-order valence-electron chi connectivity index (χ3n) is 3.34. The smallest absolute Gasteiger partial charge is 0.123 e. The van der Waals surface area contributed by atoms with E-state index in [4.69, 9.17) is 5.73 Å². The van der Waals surface area contributed by atoms with Crippen LogP contribution in [0.15, 0.2) is 18.2 Å². The maximum atomic E-state index is 13.3. The van der Waals surface area contributed by atoms with Crippen molar-refractivity contribution in [1.82, 2.24) is 5.32 Å². The number of piperidine rings is 1. The average molecular weight is 222 g/mol. The molecule has 88 valence electrons. The summed E-state index contributed by atoms with van der Waals surface area (Å²) in [5.74, 6) is 0.293. The highest BCUT2D eigenvalue weighted by Gasteiger charge is 2.22. The van der Waals surface area contributed by atoms with Gasteiger partial charge in [0, 0.05) is 6.04 Å². The summed E-state index contributed by atoms with van der Waals surface area (Å²) in [6, 6.07) is 5.07. The lowest BCUT2D eigenvalue weighted by Crippen LogP contribution is -2.33. The molecule has 1 atom stereocenters. The van der Waals surface area contributed by atoms with Crippen molar-refractivity contribution in [1.29, 1.82) is 0 Å². The summed E-state index contributed by atoms with van der Waals surface area (Å²) >= 11 is 0. The summed E-state index contributed by atoms with van der Waals surface area (Å²) in [6.45, 7) is 3.95. The van der Waals surface area contributed by atoms with Crippen molar-refractivity contribution in [2.75, 3.05) is 13.1 Å². The predicted octanol–water partition coefficient (Wildman–Crippen LogP) is 2.13. The van der Waals surface area contributed by atoms with Crippen LogP contribution in [0.2, 0.25) is 0 Å². The summed E-state index contributed by atoms with van der Waals surface area (Å²) in [4.78, 5) is 0. The number of halogens is 1. The SMILES string of the molecule is Cc1cc(F)cc(C(N)C2CCNCC2)c1. The maximum absolute atomic E-state index is 13.3. The second-order valence-corrected chi connectivity index (χ2v) is 4.68. The normalized spacial score (nSPS) is 19.7. The molecule has 1 saturated heterocycles. The monoisotopic (exact) mass is 222 g/mol. The molecule has 0 saturated carbocycles. The Labute approximate surface area is 96.0 Å². The van der Waals surface area contributed by atoms with Crippen molar-refractivity contribution in [3.8, 4) is 0 Å². The van der Waals surface area contributed by atoms with Gasteiger partial charge in [-0.25, -0.2) is 4.39 Å². The van der Waals surface area contributed by atoms with Crippen LogP contribution in [0.4, 0.5) is 4.39 Å². The lowest BCUT2D eigenvalue weighted by molar-refractivity contribution is 0.321. The Morgan fingerprint density at radius 1 is 1.31 bits per heavy atom. The summed E-state index contributed by atoms with van der Waals surface area (Å²) in [6.07, 6.45) is 2.16. The van der Waals surface area contributed by atoms with Gasteiger partial charge in [-0.3, -0.25) is 0 Å². The Morgan fingerprint density at radius 2 is 2.00 bits per heavy atom.